The number of carbonyl (C=O) groups is 1. The number of nitrogens with zero attached hydrogens (tertiary/aromatic N) is 1. The highest BCUT2D eigenvalue weighted by molar-refractivity contribution is 6.60. The summed E-state index contributed by atoms with van der Waals surface area (Å²) in [6, 6.07) is 0.746. The van der Waals surface area contributed by atoms with Crippen LogP contribution in [0.3, 0.4) is 0 Å². The van der Waals surface area contributed by atoms with Crippen LogP contribution in [0.4, 0.5) is 0 Å². The Bertz CT molecular complexity index is 292. The number of carbonyl (C=O) groups excluding carboxylic acids is 1. The standard InChI is InChI=1S/C13H28N2O4Si/c1-15(12-8-5-6-9-14-13(12)16)10-7-11-20(17-2,18-3)19-4/h12H,5-11H2,1-4H3,(H,14,16). The lowest BCUT2D eigenvalue weighted by molar-refractivity contribution is -0.125. The van der Waals surface area contributed by atoms with Crippen molar-refractivity contribution in [3.05, 3.63) is 0 Å². The number of hydrogen-bond acceptors (Lipinski definition) is 5. The van der Waals surface area contributed by atoms with Gasteiger partial charge in [-0.2, -0.15) is 0 Å². The average Bonchev–Trinajstić information content (AvgIpc) is 2.68. The first kappa shape index (κ1) is 17.6. The third kappa shape index (κ3) is 4.82. The van der Waals surface area contributed by atoms with Crippen molar-refractivity contribution in [3.8, 4) is 0 Å². The topological polar surface area (TPSA) is 60.0 Å². The van der Waals surface area contributed by atoms with Crippen LogP contribution in [-0.4, -0.2) is 67.1 Å². The molecular formula is C13H28N2O4Si. The van der Waals surface area contributed by atoms with Gasteiger partial charge in [0, 0.05) is 33.9 Å². The van der Waals surface area contributed by atoms with Crippen LogP contribution in [0.5, 0.6) is 0 Å². The molecule has 1 saturated heterocycles. The van der Waals surface area contributed by atoms with Crippen molar-refractivity contribution in [2.45, 2.75) is 37.8 Å². The lowest BCUT2D eigenvalue weighted by atomic mass is 10.1. The number of rotatable bonds is 8. The van der Waals surface area contributed by atoms with Gasteiger partial charge in [0.2, 0.25) is 5.91 Å². The summed E-state index contributed by atoms with van der Waals surface area (Å²) < 4.78 is 16.2. The van der Waals surface area contributed by atoms with Gasteiger partial charge < -0.3 is 18.6 Å². The minimum atomic E-state index is -2.49. The molecule has 20 heavy (non-hydrogen) atoms. The predicted octanol–water partition coefficient (Wildman–Crippen LogP) is 0.855. The molecule has 0 radical (unpaired) electrons. The van der Waals surface area contributed by atoms with Gasteiger partial charge in [0.1, 0.15) is 0 Å². The highest BCUT2D eigenvalue weighted by atomic mass is 28.4. The molecule has 1 rings (SSSR count). The number of hydrogen-bond donors (Lipinski definition) is 1. The van der Waals surface area contributed by atoms with Gasteiger partial charge >= 0.3 is 8.80 Å². The predicted molar refractivity (Wildman–Crippen MR) is 79.5 cm³/mol. The zero-order valence-corrected chi connectivity index (χ0v) is 14.1. The lowest BCUT2D eigenvalue weighted by Gasteiger charge is -2.28. The van der Waals surface area contributed by atoms with Gasteiger partial charge in [-0.15, -0.1) is 0 Å². The molecule has 6 nitrogen and oxygen atoms in total. The third-order valence-corrected chi connectivity index (χ3v) is 6.80. The molecule has 118 valence electrons. The molecule has 1 heterocycles. The van der Waals surface area contributed by atoms with Gasteiger partial charge in [-0.25, -0.2) is 0 Å². The summed E-state index contributed by atoms with van der Waals surface area (Å²) in [5.41, 5.74) is 0. The van der Waals surface area contributed by atoms with E-state index in [9.17, 15) is 4.79 Å². The Morgan fingerprint density at radius 2 is 1.90 bits per heavy atom. The Labute approximate surface area is 123 Å². The van der Waals surface area contributed by atoms with Gasteiger partial charge in [-0.3, -0.25) is 9.69 Å². The molecule has 1 atom stereocenters. The molecule has 1 N–H and O–H groups in total. The van der Waals surface area contributed by atoms with Gasteiger partial charge in [-0.05, 0) is 39.3 Å². The van der Waals surface area contributed by atoms with E-state index in [2.05, 4.69) is 10.2 Å². The molecule has 0 bridgehead atoms. The summed E-state index contributed by atoms with van der Waals surface area (Å²) in [5, 5.41) is 2.97. The maximum atomic E-state index is 12.0. The molecule has 0 saturated carbocycles. The molecule has 1 amide bonds. The van der Waals surface area contributed by atoms with E-state index in [1.165, 1.54) is 0 Å². The first-order valence-electron chi connectivity index (χ1n) is 7.22. The number of likely N-dealkylation sites (N-methyl/N-ethyl adjacent to an activating group) is 1. The molecule has 0 aromatic heterocycles. The zero-order valence-electron chi connectivity index (χ0n) is 13.1. The second-order valence-electron chi connectivity index (χ2n) is 5.18. The molecule has 7 heteroatoms. The van der Waals surface area contributed by atoms with Crippen molar-refractivity contribution in [2.24, 2.45) is 0 Å². The molecule has 0 spiro atoms. The second kappa shape index (κ2) is 8.73. The third-order valence-electron chi connectivity index (χ3n) is 3.97. The van der Waals surface area contributed by atoms with Crippen LogP contribution in [-0.2, 0) is 18.1 Å². The summed E-state index contributed by atoms with van der Waals surface area (Å²) >= 11 is 0. The van der Waals surface area contributed by atoms with E-state index < -0.39 is 8.80 Å². The molecule has 0 aromatic rings. The molecule has 1 fully saturated rings. The largest absolute Gasteiger partial charge is 0.500 e. The van der Waals surface area contributed by atoms with E-state index in [1.807, 2.05) is 7.05 Å². The highest BCUT2D eigenvalue weighted by Gasteiger charge is 2.37. The Hall–Kier alpha value is -0.473. The van der Waals surface area contributed by atoms with Crippen LogP contribution in [0, 0.1) is 0 Å². The molecule has 1 aliphatic rings. The van der Waals surface area contributed by atoms with Crippen molar-refractivity contribution in [1.82, 2.24) is 10.2 Å². The lowest BCUT2D eigenvalue weighted by Crippen LogP contribution is -2.46. The van der Waals surface area contributed by atoms with E-state index in [4.69, 9.17) is 13.3 Å². The van der Waals surface area contributed by atoms with Crippen molar-refractivity contribution in [2.75, 3.05) is 41.5 Å². The van der Waals surface area contributed by atoms with Crippen LogP contribution in [0.25, 0.3) is 0 Å². The summed E-state index contributed by atoms with van der Waals surface area (Å²) in [4.78, 5) is 14.1. The van der Waals surface area contributed by atoms with Crippen LogP contribution in [0.2, 0.25) is 6.04 Å². The normalized spacial score (nSPS) is 20.9. The highest BCUT2D eigenvalue weighted by Crippen LogP contribution is 2.17. The molecule has 1 aliphatic heterocycles. The fourth-order valence-corrected chi connectivity index (χ4v) is 4.30. The summed E-state index contributed by atoms with van der Waals surface area (Å²) in [7, 11) is 4.40. The van der Waals surface area contributed by atoms with Crippen molar-refractivity contribution >= 4 is 14.7 Å². The first-order valence-corrected chi connectivity index (χ1v) is 9.15. The van der Waals surface area contributed by atoms with E-state index >= 15 is 0 Å². The van der Waals surface area contributed by atoms with Crippen LogP contribution in [0.1, 0.15) is 25.7 Å². The van der Waals surface area contributed by atoms with E-state index in [1.54, 1.807) is 21.3 Å². The minimum Gasteiger partial charge on any atom is -0.377 e. The van der Waals surface area contributed by atoms with Gasteiger partial charge in [0.25, 0.3) is 0 Å². The Morgan fingerprint density at radius 1 is 1.25 bits per heavy atom. The monoisotopic (exact) mass is 304 g/mol. The molecule has 0 aliphatic carbocycles. The molecule has 1 unspecified atom stereocenters. The first-order chi connectivity index (χ1) is 9.58. The second-order valence-corrected chi connectivity index (χ2v) is 8.27. The van der Waals surface area contributed by atoms with Gasteiger partial charge in [-0.1, -0.05) is 0 Å². The Balaban J connectivity index is 2.41. The van der Waals surface area contributed by atoms with Crippen molar-refractivity contribution in [1.29, 1.82) is 0 Å². The summed E-state index contributed by atoms with van der Waals surface area (Å²) in [6.45, 7) is 1.64. The zero-order chi connectivity index (χ0) is 15.0. The van der Waals surface area contributed by atoms with Crippen LogP contribution >= 0.6 is 0 Å². The minimum absolute atomic E-state index is 0.0128. The maximum Gasteiger partial charge on any atom is 0.500 e. The van der Waals surface area contributed by atoms with Crippen LogP contribution < -0.4 is 5.32 Å². The maximum absolute atomic E-state index is 12.0. The van der Waals surface area contributed by atoms with E-state index in [0.717, 1.165) is 44.8 Å². The average molecular weight is 304 g/mol. The van der Waals surface area contributed by atoms with E-state index in [0.29, 0.717) is 0 Å². The molecular weight excluding hydrogens is 276 g/mol. The van der Waals surface area contributed by atoms with E-state index in [-0.39, 0.29) is 11.9 Å². The fraction of sp³-hybridized carbons (Fsp3) is 0.923. The van der Waals surface area contributed by atoms with Crippen molar-refractivity contribution < 1.29 is 18.1 Å². The number of amides is 1. The summed E-state index contributed by atoms with van der Waals surface area (Å²) in [5.74, 6) is 0.152. The quantitative estimate of drug-likeness (QED) is 0.674. The van der Waals surface area contributed by atoms with Gasteiger partial charge in [0.15, 0.2) is 0 Å². The SMILES string of the molecule is CO[Si](CCCN(C)C1CCCCNC1=O)(OC)OC. The summed E-state index contributed by atoms with van der Waals surface area (Å²) in [6.07, 6.45) is 4.00. The fourth-order valence-electron chi connectivity index (χ4n) is 2.60. The van der Waals surface area contributed by atoms with Crippen LogP contribution in [0.15, 0.2) is 0 Å². The molecule has 0 aromatic carbocycles. The van der Waals surface area contributed by atoms with Crippen molar-refractivity contribution in [3.63, 3.8) is 0 Å². The number of nitrogens with one attached hydrogen (secondary N) is 1. The Morgan fingerprint density at radius 3 is 2.50 bits per heavy atom. The smallest absolute Gasteiger partial charge is 0.377 e. The Kier molecular flexibility index (Phi) is 7.68. The van der Waals surface area contributed by atoms with Gasteiger partial charge in [0.05, 0.1) is 6.04 Å².